The molecule has 0 aliphatic carbocycles. The molecule has 0 saturated carbocycles. The number of aliphatic hydroxyl groups excluding tert-OH is 1. The standard InChI is InChI=1S/C22H16N2O4/c23-11-17-19(15-8-6-14(7-9-15)13-4-2-1-3-5-13)21-20(28-22(17)24)18(26)10-16(12-25)27-21/h1-10,19,25H,12,24H2/t19-/m0/s1. The Morgan fingerprint density at radius 1 is 1.07 bits per heavy atom. The minimum absolute atomic E-state index is 0.0640. The lowest BCUT2D eigenvalue weighted by molar-refractivity contribution is 0.231. The fraction of sp³-hybridized carbons (Fsp3) is 0.0909. The van der Waals surface area contributed by atoms with Crippen molar-refractivity contribution in [3.05, 3.63) is 99.4 Å². The van der Waals surface area contributed by atoms with Crippen molar-refractivity contribution in [2.24, 2.45) is 5.73 Å². The van der Waals surface area contributed by atoms with Crippen LogP contribution in [-0.2, 0) is 6.61 Å². The molecule has 0 unspecified atom stereocenters. The summed E-state index contributed by atoms with van der Waals surface area (Å²) in [6, 6.07) is 20.7. The van der Waals surface area contributed by atoms with Gasteiger partial charge in [0, 0.05) is 6.07 Å². The molecule has 0 spiro atoms. The third-order valence-corrected chi connectivity index (χ3v) is 4.64. The van der Waals surface area contributed by atoms with Crippen LogP contribution in [-0.4, -0.2) is 5.11 Å². The van der Waals surface area contributed by atoms with E-state index < -0.39 is 18.0 Å². The number of ether oxygens (including phenoxy) is 1. The van der Waals surface area contributed by atoms with Crippen LogP contribution in [0, 0.1) is 11.3 Å². The largest absolute Gasteiger partial charge is 0.458 e. The maximum Gasteiger partial charge on any atom is 0.228 e. The van der Waals surface area contributed by atoms with Gasteiger partial charge in [-0.25, -0.2) is 0 Å². The third-order valence-electron chi connectivity index (χ3n) is 4.64. The minimum atomic E-state index is -0.697. The third kappa shape index (κ3) is 2.94. The second-order valence-corrected chi connectivity index (χ2v) is 6.34. The Morgan fingerprint density at radius 2 is 1.75 bits per heavy atom. The summed E-state index contributed by atoms with van der Waals surface area (Å²) in [5.41, 5.74) is 8.38. The monoisotopic (exact) mass is 372 g/mol. The van der Waals surface area contributed by atoms with E-state index in [2.05, 4.69) is 6.07 Å². The summed E-state index contributed by atoms with van der Waals surface area (Å²) < 4.78 is 11.0. The molecule has 2 heterocycles. The molecule has 2 aromatic carbocycles. The van der Waals surface area contributed by atoms with Gasteiger partial charge in [-0.3, -0.25) is 4.79 Å². The molecule has 3 aromatic rings. The van der Waals surface area contributed by atoms with Gasteiger partial charge in [-0.15, -0.1) is 0 Å². The predicted octanol–water partition coefficient (Wildman–Crippen LogP) is 3.02. The summed E-state index contributed by atoms with van der Waals surface area (Å²) >= 11 is 0. The van der Waals surface area contributed by atoms with Gasteiger partial charge in [-0.1, -0.05) is 54.6 Å². The van der Waals surface area contributed by atoms with E-state index in [0.717, 1.165) is 22.8 Å². The van der Waals surface area contributed by atoms with Gasteiger partial charge in [0.1, 0.15) is 24.0 Å². The number of aliphatic hydroxyl groups is 1. The van der Waals surface area contributed by atoms with Gasteiger partial charge < -0.3 is 20.0 Å². The van der Waals surface area contributed by atoms with Crippen molar-refractivity contribution in [2.75, 3.05) is 0 Å². The topological polar surface area (TPSA) is 109 Å². The van der Waals surface area contributed by atoms with Gasteiger partial charge in [0.2, 0.25) is 17.1 Å². The van der Waals surface area contributed by atoms with E-state index in [1.54, 1.807) is 0 Å². The van der Waals surface area contributed by atoms with Crippen LogP contribution in [0.5, 0.6) is 5.75 Å². The lowest BCUT2D eigenvalue weighted by Crippen LogP contribution is -2.25. The zero-order valence-electron chi connectivity index (χ0n) is 14.8. The van der Waals surface area contributed by atoms with E-state index in [4.69, 9.17) is 14.9 Å². The van der Waals surface area contributed by atoms with E-state index in [0.29, 0.717) is 0 Å². The average molecular weight is 372 g/mol. The summed E-state index contributed by atoms with van der Waals surface area (Å²) in [7, 11) is 0. The van der Waals surface area contributed by atoms with Crippen molar-refractivity contribution in [1.29, 1.82) is 5.26 Å². The number of hydrogen-bond acceptors (Lipinski definition) is 6. The van der Waals surface area contributed by atoms with Gasteiger partial charge in [-0.2, -0.15) is 5.26 Å². The second-order valence-electron chi connectivity index (χ2n) is 6.34. The molecule has 138 valence electrons. The molecule has 0 radical (unpaired) electrons. The molecule has 1 aliphatic rings. The molecule has 0 amide bonds. The zero-order chi connectivity index (χ0) is 19.7. The molecule has 0 fully saturated rings. The maximum atomic E-state index is 12.3. The highest BCUT2D eigenvalue weighted by atomic mass is 16.5. The quantitative estimate of drug-likeness (QED) is 0.731. The fourth-order valence-corrected chi connectivity index (χ4v) is 3.29. The number of benzene rings is 2. The Hall–Kier alpha value is -3.82. The van der Waals surface area contributed by atoms with E-state index in [1.807, 2.05) is 54.6 Å². The van der Waals surface area contributed by atoms with Gasteiger partial charge in [0.25, 0.3) is 0 Å². The van der Waals surface area contributed by atoms with Crippen molar-refractivity contribution in [1.82, 2.24) is 0 Å². The Kier molecular flexibility index (Phi) is 4.44. The number of nitrogens with zero attached hydrogens (tertiary/aromatic N) is 1. The Balaban J connectivity index is 1.85. The Morgan fingerprint density at radius 3 is 2.39 bits per heavy atom. The van der Waals surface area contributed by atoms with Crippen LogP contribution in [0.25, 0.3) is 11.1 Å². The summed E-state index contributed by atoms with van der Waals surface area (Å²) in [5, 5.41) is 19.0. The van der Waals surface area contributed by atoms with Crippen LogP contribution in [0.2, 0.25) is 0 Å². The zero-order valence-corrected chi connectivity index (χ0v) is 14.8. The van der Waals surface area contributed by atoms with Crippen molar-refractivity contribution in [3.8, 4) is 22.9 Å². The summed E-state index contributed by atoms with van der Waals surface area (Å²) in [4.78, 5) is 12.3. The SMILES string of the molecule is N#CC1=C(N)Oc2c(oc(CO)cc2=O)[C@H]1c1ccc(-c2ccccc2)cc1. The average Bonchev–Trinajstić information content (AvgIpc) is 2.74. The fourth-order valence-electron chi connectivity index (χ4n) is 3.29. The van der Waals surface area contributed by atoms with Gasteiger partial charge in [0.05, 0.1) is 5.92 Å². The molecule has 4 rings (SSSR count). The van der Waals surface area contributed by atoms with Crippen LogP contribution in [0.1, 0.15) is 23.0 Å². The Labute approximate surface area is 160 Å². The number of nitriles is 1. The lowest BCUT2D eigenvalue weighted by Gasteiger charge is -2.24. The number of hydrogen-bond donors (Lipinski definition) is 2. The molecule has 6 heteroatoms. The first kappa shape index (κ1) is 17.6. The number of rotatable bonds is 3. The molecule has 1 aliphatic heterocycles. The summed E-state index contributed by atoms with van der Waals surface area (Å²) in [6.07, 6.45) is 0. The highest BCUT2D eigenvalue weighted by molar-refractivity contribution is 5.64. The van der Waals surface area contributed by atoms with Crippen LogP contribution in [0.3, 0.4) is 0 Å². The maximum absolute atomic E-state index is 12.3. The molecular weight excluding hydrogens is 356 g/mol. The first-order valence-corrected chi connectivity index (χ1v) is 8.63. The molecule has 0 bridgehead atoms. The predicted molar refractivity (Wildman–Crippen MR) is 102 cm³/mol. The van der Waals surface area contributed by atoms with Gasteiger partial charge in [0.15, 0.2) is 5.76 Å². The molecule has 1 aromatic heterocycles. The smallest absolute Gasteiger partial charge is 0.228 e. The highest BCUT2D eigenvalue weighted by Gasteiger charge is 2.35. The Bertz CT molecular complexity index is 1160. The molecule has 6 nitrogen and oxygen atoms in total. The molecule has 1 atom stereocenters. The highest BCUT2D eigenvalue weighted by Crippen LogP contribution is 2.41. The van der Waals surface area contributed by atoms with E-state index in [-0.39, 0.29) is 28.7 Å². The number of fused-ring (bicyclic) bond motifs is 1. The van der Waals surface area contributed by atoms with Gasteiger partial charge in [-0.05, 0) is 16.7 Å². The van der Waals surface area contributed by atoms with Crippen LogP contribution < -0.4 is 15.9 Å². The van der Waals surface area contributed by atoms with Crippen LogP contribution in [0.15, 0.2) is 81.3 Å². The second kappa shape index (κ2) is 7.06. The molecule has 3 N–H and O–H groups in total. The minimum Gasteiger partial charge on any atom is -0.458 e. The van der Waals surface area contributed by atoms with Crippen LogP contribution in [0.4, 0.5) is 0 Å². The van der Waals surface area contributed by atoms with Gasteiger partial charge >= 0.3 is 0 Å². The van der Waals surface area contributed by atoms with E-state index in [1.165, 1.54) is 0 Å². The molecular formula is C22H16N2O4. The van der Waals surface area contributed by atoms with Crippen LogP contribution >= 0.6 is 0 Å². The summed E-state index contributed by atoms with van der Waals surface area (Å²) in [6.45, 7) is -0.441. The lowest BCUT2D eigenvalue weighted by atomic mass is 9.86. The molecule has 0 saturated heterocycles. The molecule has 28 heavy (non-hydrogen) atoms. The van der Waals surface area contributed by atoms with Crippen molar-refractivity contribution < 1.29 is 14.3 Å². The number of allylic oxidation sites excluding steroid dienone is 1. The van der Waals surface area contributed by atoms with E-state index >= 15 is 0 Å². The normalized spacial score (nSPS) is 15.5. The first-order chi connectivity index (χ1) is 13.6. The van der Waals surface area contributed by atoms with Crippen molar-refractivity contribution in [2.45, 2.75) is 12.5 Å². The summed E-state index contributed by atoms with van der Waals surface area (Å²) in [5.74, 6) is -0.634. The first-order valence-electron chi connectivity index (χ1n) is 8.63. The van der Waals surface area contributed by atoms with Crippen molar-refractivity contribution >= 4 is 0 Å². The van der Waals surface area contributed by atoms with Crippen molar-refractivity contribution in [3.63, 3.8) is 0 Å². The van der Waals surface area contributed by atoms with E-state index in [9.17, 15) is 15.2 Å². The number of nitrogens with two attached hydrogens (primary N) is 1.